The Hall–Kier alpha value is -2.67. The van der Waals surface area contributed by atoms with Crippen molar-refractivity contribution in [3.05, 3.63) is 65.0 Å². The maximum Gasteiger partial charge on any atom is 0.269 e. The van der Waals surface area contributed by atoms with E-state index in [1.165, 1.54) is 17.3 Å². The van der Waals surface area contributed by atoms with Crippen LogP contribution >= 0.6 is 0 Å². The molecule has 0 spiro atoms. The van der Waals surface area contributed by atoms with Crippen LogP contribution in [-0.4, -0.2) is 17.4 Å². The van der Waals surface area contributed by atoms with Crippen molar-refractivity contribution in [2.45, 2.75) is 13.3 Å². The molecule has 4 nitrogen and oxygen atoms in total. The summed E-state index contributed by atoms with van der Waals surface area (Å²) in [6.45, 7) is 2.62. The Kier molecular flexibility index (Phi) is 4.46. The zero-order chi connectivity index (χ0) is 14.4. The average molecular weight is 265 g/mol. The van der Waals surface area contributed by atoms with E-state index in [9.17, 15) is 4.79 Å². The first-order valence-corrected chi connectivity index (χ1v) is 6.39. The van der Waals surface area contributed by atoms with Crippen LogP contribution in [0.3, 0.4) is 0 Å². The van der Waals surface area contributed by atoms with Crippen molar-refractivity contribution in [3.8, 4) is 6.07 Å². The molecule has 2 rings (SSSR count). The largest absolute Gasteiger partial charge is 0.350 e. The van der Waals surface area contributed by atoms with Gasteiger partial charge < -0.3 is 5.32 Å². The van der Waals surface area contributed by atoms with Gasteiger partial charge in [0.15, 0.2) is 0 Å². The molecule has 0 aliphatic carbocycles. The summed E-state index contributed by atoms with van der Waals surface area (Å²) in [6, 6.07) is 13.2. The second-order valence-electron chi connectivity index (χ2n) is 4.48. The van der Waals surface area contributed by atoms with Gasteiger partial charge in [0.05, 0.1) is 5.56 Å². The molecule has 20 heavy (non-hydrogen) atoms. The normalized spacial score (nSPS) is 9.80. The van der Waals surface area contributed by atoms with E-state index < -0.39 is 0 Å². The molecule has 0 radical (unpaired) electrons. The first kappa shape index (κ1) is 13.8. The average Bonchev–Trinajstić information content (AvgIpc) is 2.49. The first-order valence-electron chi connectivity index (χ1n) is 6.39. The number of amides is 1. The Morgan fingerprint density at radius 3 is 2.75 bits per heavy atom. The topological polar surface area (TPSA) is 65.8 Å². The summed E-state index contributed by atoms with van der Waals surface area (Å²) in [5.74, 6) is -0.219. The number of hydrogen-bond acceptors (Lipinski definition) is 3. The van der Waals surface area contributed by atoms with Gasteiger partial charge in [0, 0.05) is 12.7 Å². The number of carbonyl (C=O) groups excluding carboxylic acids is 1. The second-order valence-corrected chi connectivity index (χ2v) is 4.48. The predicted octanol–water partition coefficient (Wildman–Crippen LogP) is 2.23. The van der Waals surface area contributed by atoms with Gasteiger partial charge in [-0.2, -0.15) is 5.26 Å². The van der Waals surface area contributed by atoms with Gasteiger partial charge in [-0.05, 0) is 36.6 Å². The zero-order valence-corrected chi connectivity index (χ0v) is 11.3. The number of nitrogens with zero attached hydrogens (tertiary/aromatic N) is 2. The van der Waals surface area contributed by atoms with Gasteiger partial charge in [0.25, 0.3) is 5.91 Å². The third kappa shape index (κ3) is 3.42. The third-order valence-corrected chi connectivity index (χ3v) is 3.07. The standard InChI is InChI=1S/C16H15N3O/c1-12-4-2-3-5-14(12)8-9-18-16(20)15-7-6-13(10-17)11-19-15/h2-7,11H,8-9H2,1H3,(H,18,20). The number of rotatable bonds is 4. The molecule has 0 unspecified atom stereocenters. The van der Waals surface area contributed by atoms with Crippen LogP contribution in [0.4, 0.5) is 0 Å². The lowest BCUT2D eigenvalue weighted by Crippen LogP contribution is -2.26. The smallest absolute Gasteiger partial charge is 0.269 e. The third-order valence-electron chi connectivity index (χ3n) is 3.07. The highest BCUT2D eigenvalue weighted by atomic mass is 16.1. The van der Waals surface area contributed by atoms with Gasteiger partial charge in [-0.15, -0.1) is 0 Å². The molecule has 1 aromatic heterocycles. The molecule has 1 N–H and O–H groups in total. The van der Waals surface area contributed by atoms with Crippen LogP contribution in [0.15, 0.2) is 42.6 Å². The van der Waals surface area contributed by atoms with Crippen molar-refractivity contribution in [1.29, 1.82) is 5.26 Å². The van der Waals surface area contributed by atoms with Gasteiger partial charge in [-0.1, -0.05) is 24.3 Å². The molecule has 1 heterocycles. The summed E-state index contributed by atoms with van der Waals surface area (Å²) >= 11 is 0. The summed E-state index contributed by atoms with van der Waals surface area (Å²) < 4.78 is 0. The van der Waals surface area contributed by atoms with Crippen LogP contribution in [0.2, 0.25) is 0 Å². The number of nitrogens with one attached hydrogen (secondary N) is 1. The Bertz CT molecular complexity index is 642. The van der Waals surface area contributed by atoms with Crippen molar-refractivity contribution in [1.82, 2.24) is 10.3 Å². The number of pyridine rings is 1. The summed E-state index contributed by atoms with van der Waals surface area (Å²) in [6.07, 6.45) is 2.19. The molecule has 0 aliphatic heterocycles. The van der Waals surface area contributed by atoms with Crippen molar-refractivity contribution < 1.29 is 4.79 Å². The number of benzene rings is 1. The molecule has 0 atom stereocenters. The predicted molar refractivity (Wildman–Crippen MR) is 76.2 cm³/mol. The second kappa shape index (κ2) is 6.48. The summed E-state index contributed by atoms with van der Waals surface area (Å²) in [5.41, 5.74) is 3.22. The molecule has 100 valence electrons. The van der Waals surface area contributed by atoms with Crippen LogP contribution in [0, 0.1) is 18.3 Å². The number of carbonyl (C=O) groups is 1. The van der Waals surface area contributed by atoms with Gasteiger partial charge >= 0.3 is 0 Å². The van der Waals surface area contributed by atoms with E-state index in [4.69, 9.17) is 5.26 Å². The Morgan fingerprint density at radius 1 is 1.30 bits per heavy atom. The van der Waals surface area contributed by atoms with E-state index in [-0.39, 0.29) is 5.91 Å². The van der Waals surface area contributed by atoms with E-state index >= 15 is 0 Å². The van der Waals surface area contributed by atoms with Crippen molar-refractivity contribution in [2.24, 2.45) is 0 Å². The van der Waals surface area contributed by atoms with Crippen LogP contribution in [0.5, 0.6) is 0 Å². The zero-order valence-electron chi connectivity index (χ0n) is 11.3. The number of aromatic nitrogens is 1. The molecular weight excluding hydrogens is 250 g/mol. The minimum atomic E-state index is -0.219. The summed E-state index contributed by atoms with van der Waals surface area (Å²) in [4.78, 5) is 15.8. The molecule has 4 heteroatoms. The maximum atomic E-state index is 11.9. The molecule has 0 aliphatic rings. The Balaban J connectivity index is 1.89. The van der Waals surface area contributed by atoms with Crippen molar-refractivity contribution >= 4 is 5.91 Å². The summed E-state index contributed by atoms with van der Waals surface area (Å²) in [5, 5.41) is 11.5. The van der Waals surface area contributed by atoms with E-state index in [0.29, 0.717) is 17.8 Å². The van der Waals surface area contributed by atoms with Gasteiger partial charge in [0.1, 0.15) is 11.8 Å². The molecule has 1 aromatic carbocycles. The minimum Gasteiger partial charge on any atom is -0.350 e. The molecule has 0 bridgehead atoms. The van der Waals surface area contributed by atoms with E-state index in [0.717, 1.165) is 6.42 Å². The van der Waals surface area contributed by atoms with Crippen LogP contribution in [0.1, 0.15) is 27.2 Å². The monoisotopic (exact) mass is 265 g/mol. The van der Waals surface area contributed by atoms with Crippen LogP contribution < -0.4 is 5.32 Å². The van der Waals surface area contributed by atoms with Crippen molar-refractivity contribution in [3.63, 3.8) is 0 Å². The van der Waals surface area contributed by atoms with Crippen LogP contribution in [0.25, 0.3) is 0 Å². The highest BCUT2D eigenvalue weighted by molar-refractivity contribution is 5.92. The highest BCUT2D eigenvalue weighted by Gasteiger charge is 2.06. The Morgan fingerprint density at radius 2 is 2.10 bits per heavy atom. The summed E-state index contributed by atoms with van der Waals surface area (Å²) in [7, 11) is 0. The fourth-order valence-electron chi connectivity index (χ4n) is 1.89. The SMILES string of the molecule is Cc1ccccc1CCNC(=O)c1ccc(C#N)cn1. The fraction of sp³-hybridized carbons (Fsp3) is 0.188. The minimum absolute atomic E-state index is 0.219. The lowest BCUT2D eigenvalue weighted by molar-refractivity contribution is 0.0949. The van der Waals surface area contributed by atoms with E-state index in [1.54, 1.807) is 12.1 Å². The molecule has 0 saturated heterocycles. The number of hydrogen-bond donors (Lipinski definition) is 1. The highest BCUT2D eigenvalue weighted by Crippen LogP contribution is 2.07. The van der Waals surface area contributed by atoms with E-state index in [1.807, 2.05) is 18.2 Å². The molecule has 0 saturated carbocycles. The van der Waals surface area contributed by atoms with Crippen molar-refractivity contribution in [2.75, 3.05) is 6.54 Å². The molecule has 2 aromatic rings. The Labute approximate surface area is 118 Å². The van der Waals surface area contributed by atoms with Gasteiger partial charge in [0.2, 0.25) is 0 Å². The lowest BCUT2D eigenvalue weighted by atomic mass is 10.1. The van der Waals surface area contributed by atoms with Crippen LogP contribution in [-0.2, 0) is 6.42 Å². The van der Waals surface area contributed by atoms with Gasteiger partial charge in [-0.3, -0.25) is 4.79 Å². The fourth-order valence-corrected chi connectivity index (χ4v) is 1.89. The maximum absolute atomic E-state index is 11.9. The van der Waals surface area contributed by atoms with E-state index in [2.05, 4.69) is 29.4 Å². The number of nitriles is 1. The lowest BCUT2D eigenvalue weighted by Gasteiger charge is -2.07. The molecule has 1 amide bonds. The quantitative estimate of drug-likeness (QED) is 0.922. The first-order chi connectivity index (χ1) is 9.70. The molecule has 0 fully saturated rings. The number of aryl methyl sites for hydroxylation is 1. The van der Waals surface area contributed by atoms with Gasteiger partial charge in [-0.25, -0.2) is 4.98 Å². The molecular formula is C16H15N3O.